The van der Waals surface area contributed by atoms with Crippen molar-refractivity contribution >= 4 is 54.5 Å². The molecule has 2 fully saturated rings. The topological polar surface area (TPSA) is 80.3 Å². The molecule has 0 aromatic rings. The summed E-state index contributed by atoms with van der Waals surface area (Å²) in [7, 11) is 3.42. The Bertz CT molecular complexity index is 501. The van der Waals surface area contributed by atoms with Gasteiger partial charge in [-0.3, -0.25) is 9.59 Å². The first-order chi connectivity index (χ1) is 13.2. The zero-order chi connectivity index (χ0) is 21.3. The quantitative estimate of drug-likeness (QED) is 0.182. The van der Waals surface area contributed by atoms with Crippen LogP contribution in [0.2, 0.25) is 12.1 Å². The van der Waals surface area contributed by atoms with Crippen LogP contribution in [0.4, 0.5) is 0 Å². The molecule has 2 saturated heterocycles. The Labute approximate surface area is 181 Å². The number of carbonyl (C=O) groups is 2. The van der Waals surface area contributed by atoms with Crippen LogP contribution in [0, 0.1) is 0 Å². The van der Waals surface area contributed by atoms with Crippen molar-refractivity contribution in [2.45, 2.75) is 48.3 Å². The van der Waals surface area contributed by atoms with Gasteiger partial charge < -0.3 is 22.8 Å². The van der Waals surface area contributed by atoms with Gasteiger partial charge >= 0.3 is 20.7 Å². The van der Waals surface area contributed by atoms with Gasteiger partial charge in [-0.05, 0) is 26.7 Å². The van der Waals surface area contributed by atoms with E-state index in [4.69, 9.17) is 22.8 Å². The lowest BCUT2D eigenvalue weighted by molar-refractivity contribution is -0.145. The second-order valence-electron chi connectivity index (χ2n) is 7.06. The minimum absolute atomic E-state index is 0.0161. The molecule has 0 radical (unpaired) electrons. The molecule has 0 aromatic heterocycles. The molecule has 2 heterocycles. The van der Waals surface area contributed by atoms with E-state index in [1.807, 2.05) is 13.8 Å². The highest BCUT2D eigenvalue weighted by Gasteiger charge is 2.48. The maximum Gasteiger partial charge on any atom is 0.500 e. The van der Waals surface area contributed by atoms with E-state index in [0.717, 1.165) is 17.9 Å². The van der Waals surface area contributed by atoms with Gasteiger partial charge in [-0.2, -0.15) is 0 Å². The van der Waals surface area contributed by atoms with Crippen LogP contribution in [0.3, 0.4) is 0 Å². The van der Waals surface area contributed by atoms with Crippen molar-refractivity contribution in [3.8, 4) is 0 Å². The zero-order valence-electron chi connectivity index (χ0n) is 17.8. The largest absolute Gasteiger partial charge is 0.500 e. The van der Waals surface area contributed by atoms with E-state index in [1.165, 1.54) is 16.3 Å². The van der Waals surface area contributed by atoms with E-state index in [0.29, 0.717) is 25.7 Å². The third-order valence-electron chi connectivity index (χ3n) is 4.54. The van der Waals surface area contributed by atoms with Crippen LogP contribution in [-0.4, -0.2) is 86.5 Å². The van der Waals surface area contributed by atoms with Crippen molar-refractivity contribution in [2.24, 2.45) is 0 Å². The van der Waals surface area contributed by atoms with Crippen molar-refractivity contribution in [3.05, 3.63) is 0 Å². The van der Waals surface area contributed by atoms with Gasteiger partial charge in [0.05, 0.1) is 13.2 Å². The van der Waals surface area contributed by atoms with Crippen LogP contribution in [-0.2, 0) is 32.3 Å². The summed E-state index contributed by atoms with van der Waals surface area (Å²) in [5.41, 5.74) is 0. The smallest absolute Gasteiger partial charge is 0.465 e. The Morgan fingerprint density at radius 3 is 1.61 bits per heavy atom. The highest BCUT2D eigenvalue weighted by atomic mass is 32.2. The average molecular weight is 471 g/mol. The molecule has 0 aliphatic carbocycles. The van der Waals surface area contributed by atoms with Crippen molar-refractivity contribution < 1.29 is 32.3 Å². The van der Waals surface area contributed by atoms with Crippen LogP contribution in [0.25, 0.3) is 0 Å². The van der Waals surface area contributed by atoms with Crippen LogP contribution < -0.4 is 0 Å². The number of esters is 2. The van der Waals surface area contributed by atoms with Gasteiger partial charge in [0.2, 0.25) is 0 Å². The van der Waals surface area contributed by atoms with Gasteiger partial charge in [-0.1, -0.05) is 6.04 Å². The number of hydrogen-bond acceptors (Lipinski definition) is 9. The molecule has 11 heteroatoms. The second-order valence-corrected chi connectivity index (χ2v) is 14.1. The van der Waals surface area contributed by atoms with Gasteiger partial charge in [-0.15, -0.1) is 23.5 Å². The summed E-state index contributed by atoms with van der Waals surface area (Å²) in [6, 6.07) is 1.87. The summed E-state index contributed by atoms with van der Waals surface area (Å²) in [6.07, 6.45) is 1.73. The number of rotatable bonds is 12. The number of ether oxygens (including phenoxy) is 2. The lowest BCUT2D eigenvalue weighted by Crippen LogP contribution is -2.42. The van der Waals surface area contributed by atoms with E-state index in [1.54, 1.807) is 44.9 Å². The molecule has 7 nitrogen and oxygen atoms in total. The zero-order valence-corrected chi connectivity index (χ0v) is 22.5. The predicted octanol–water partition coefficient (Wildman–Crippen LogP) is 1.51. The fraction of sp³-hybridized carbons (Fsp3) is 0.882. The van der Waals surface area contributed by atoms with E-state index in [-0.39, 0.29) is 21.4 Å². The first-order valence-electron chi connectivity index (χ1n) is 9.48. The summed E-state index contributed by atoms with van der Waals surface area (Å²) in [5, 5.41) is 0. The Morgan fingerprint density at radius 1 is 0.893 bits per heavy atom. The summed E-state index contributed by atoms with van der Waals surface area (Å²) >= 11 is 3.29. The normalized spacial score (nSPS) is 25.5. The Morgan fingerprint density at radius 2 is 1.29 bits per heavy atom. The second kappa shape index (κ2) is 12.0. The number of carbonyl (C=O) groups excluding carboxylic acids is 2. The summed E-state index contributed by atoms with van der Waals surface area (Å²) < 4.78 is 25.6. The maximum absolute atomic E-state index is 11.5. The predicted molar refractivity (Wildman–Crippen MR) is 119 cm³/mol. The molecule has 0 bridgehead atoms. The van der Waals surface area contributed by atoms with Crippen molar-refractivity contribution in [2.75, 3.05) is 46.0 Å². The molecule has 2 aliphatic rings. The Balaban J connectivity index is 0.000000307. The highest BCUT2D eigenvalue weighted by Crippen LogP contribution is 2.45. The van der Waals surface area contributed by atoms with Crippen molar-refractivity contribution in [3.63, 3.8) is 0 Å². The monoisotopic (exact) mass is 470 g/mol. The van der Waals surface area contributed by atoms with Crippen LogP contribution >= 0.6 is 23.5 Å². The van der Waals surface area contributed by atoms with Crippen molar-refractivity contribution in [1.82, 2.24) is 0 Å². The van der Waals surface area contributed by atoms with Crippen LogP contribution in [0.1, 0.15) is 26.7 Å². The molecule has 0 amide bonds. The molecule has 0 spiro atoms. The lowest BCUT2D eigenvalue weighted by Gasteiger charge is -2.24. The summed E-state index contributed by atoms with van der Waals surface area (Å²) in [6.45, 7) is 4.86. The molecule has 164 valence electrons. The van der Waals surface area contributed by atoms with Gasteiger partial charge in [0, 0.05) is 49.1 Å². The van der Waals surface area contributed by atoms with Gasteiger partial charge in [-0.25, -0.2) is 0 Å². The summed E-state index contributed by atoms with van der Waals surface area (Å²) in [5.74, 6) is 1.66. The third-order valence-corrected chi connectivity index (χ3v) is 10.7. The molecule has 0 aromatic carbocycles. The lowest BCUT2D eigenvalue weighted by atomic mass is 10.2. The fourth-order valence-electron chi connectivity index (χ4n) is 2.08. The summed E-state index contributed by atoms with van der Waals surface area (Å²) in [4.78, 5) is 22.7. The number of thioether (sulfide) groups is 2. The Hall–Kier alpha value is -0.0462. The molecule has 0 N–H and O–H groups in total. The first-order valence-corrected chi connectivity index (χ1v) is 14.8. The molecule has 2 rings (SSSR count). The van der Waals surface area contributed by atoms with Gasteiger partial charge in [0.1, 0.15) is 9.49 Å². The van der Waals surface area contributed by atoms with Crippen LogP contribution in [0.5, 0.6) is 0 Å². The molecule has 2 aliphatic heterocycles. The van der Waals surface area contributed by atoms with E-state index < -0.39 is 8.80 Å². The van der Waals surface area contributed by atoms with Gasteiger partial charge in [0.25, 0.3) is 0 Å². The van der Waals surface area contributed by atoms with Crippen LogP contribution in [0.15, 0.2) is 0 Å². The van der Waals surface area contributed by atoms with Gasteiger partial charge in [0.15, 0.2) is 0 Å². The molecule has 2 unspecified atom stereocenters. The minimum atomic E-state index is -2.52. The molecule has 0 saturated carbocycles. The SMILES string of the molecule is CC1(C(=O)OCCC[SiH3])CS1.CO[Si](CCCOC(=O)C1(C)CS1)(OC)OC. The molecular formula is C17H34O7S2Si2. The molecular weight excluding hydrogens is 436 g/mol. The maximum atomic E-state index is 11.5. The highest BCUT2D eigenvalue weighted by molar-refractivity contribution is 8.09. The van der Waals surface area contributed by atoms with E-state index in [2.05, 4.69) is 0 Å². The standard InChI is InChI=1S/C10H20O5SSi.C7H14O2SSi/c1-10(8-16-10)9(11)15-6-5-7-17(12-2,13-3)14-4;1-7(5-10-7)6(8)9-3-2-4-11/h5-8H2,1-4H3;2-5H2,1,11H3. The molecule has 28 heavy (non-hydrogen) atoms. The molecule has 2 atom stereocenters. The van der Waals surface area contributed by atoms with E-state index in [9.17, 15) is 9.59 Å². The van der Waals surface area contributed by atoms with Crippen molar-refractivity contribution in [1.29, 1.82) is 0 Å². The Kier molecular flexibility index (Phi) is 11.1. The van der Waals surface area contributed by atoms with E-state index >= 15 is 0 Å². The first kappa shape index (κ1) is 26.0. The third kappa shape index (κ3) is 8.37. The number of hydrogen-bond donors (Lipinski definition) is 0. The minimum Gasteiger partial charge on any atom is -0.465 e. The fourth-order valence-corrected chi connectivity index (χ4v) is 5.08. The average Bonchev–Trinajstić information content (AvgIpc) is 3.62.